The van der Waals surface area contributed by atoms with Crippen LogP contribution in [0.25, 0.3) is 0 Å². The first kappa shape index (κ1) is 19.9. The Kier molecular flexibility index (Phi) is 6.36. The first-order valence-corrected chi connectivity index (χ1v) is 8.58. The molecule has 2 rings (SSSR count). The fraction of sp³-hybridized carbons (Fsp3) is 0.294. The summed E-state index contributed by atoms with van der Waals surface area (Å²) in [6.07, 6.45) is -4.47. The van der Waals surface area contributed by atoms with Gasteiger partial charge in [-0.1, -0.05) is 6.07 Å². The molecule has 1 aromatic carbocycles. The molecule has 0 radical (unpaired) electrons. The Balaban J connectivity index is 1.87. The number of alkyl halides is 3. The Morgan fingerprint density at radius 1 is 1.27 bits per heavy atom. The molecule has 0 bridgehead atoms. The Morgan fingerprint density at radius 3 is 2.65 bits per heavy atom. The second kappa shape index (κ2) is 8.31. The number of rotatable bonds is 6. The van der Waals surface area contributed by atoms with Crippen LogP contribution in [0.15, 0.2) is 34.7 Å². The van der Waals surface area contributed by atoms with Crippen molar-refractivity contribution in [3.05, 3.63) is 53.0 Å². The molecule has 0 fully saturated rings. The molecule has 5 nitrogen and oxygen atoms in total. The summed E-state index contributed by atoms with van der Waals surface area (Å²) in [5.74, 6) is 0.313. The molecule has 0 aliphatic carbocycles. The first-order chi connectivity index (χ1) is 12.2. The van der Waals surface area contributed by atoms with Crippen molar-refractivity contribution in [2.24, 2.45) is 0 Å². The number of thioether (sulfide) groups is 1. The average Bonchev–Trinajstić information content (AvgIpc) is 2.94. The summed E-state index contributed by atoms with van der Waals surface area (Å²) >= 11 is 1.20. The van der Waals surface area contributed by atoms with Gasteiger partial charge in [0.15, 0.2) is 0 Å². The van der Waals surface area contributed by atoms with E-state index in [9.17, 15) is 22.8 Å². The van der Waals surface area contributed by atoms with Gasteiger partial charge in [0.2, 0.25) is 5.91 Å². The molecule has 9 heteroatoms. The van der Waals surface area contributed by atoms with Gasteiger partial charge in [-0.15, -0.1) is 11.8 Å². The van der Waals surface area contributed by atoms with Crippen LogP contribution in [-0.4, -0.2) is 24.7 Å². The Bertz CT molecular complexity index is 802. The standard InChI is InChI=1S/C17H16F3NO4S/c1-10-14(16(23)24-2)7-13(25-10)8-26-9-15(22)21-12-5-3-4-11(6-12)17(18,19)20/h3-7H,8-9H2,1-2H3,(H,21,22). The highest BCUT2D eigenvalue weighted by Crippen LogP contribution is 2.30. The van der Waals surface area contributed by atoms with Crippen LogP contribution in [0.3, 0.4) is 0 Å². The number of ether oxygens (including phenoxy) is 1. The van der Waals surface area contributed by atoms with Gasteiger partial charge in [0.1, 0.15) is 17.1 Å². The number of hydrogen-bond acceptors (Lipinski definition) is 5. The molecule has 0 saturated carbocycles. The second-order valence-electron chi connectivity index (χ2n) is 5.29. The highest BCUT2D eigenvalue weighted by atomic mass is 32.2. The van der Waals surface area contributed by atoms with E-state index in [1.165, 1.54) is 31.0 Å². The predicted molar refractivity (Wildman–Crippen MR) is 91.0 cm³/mol. The quantitative estimate of drug-likeness (QED) is 0.750. The lowest BCUT2D eigenvalue weighted by Gasteiger charge is -2.09. The fourth-order valence-corrected chi connectivity index (χ4v) is 2.85. The molecule has 0 aliphatic heterocycles. The normalized spacial score (nSPS) is 11.3. The maximum atomic E-state index is 12.7. The molecule has 1 amide bonds. The molecular formula is C17H16F3NO4S. The zero-order valence-electron chi connectivity index (χ0n) is 14.0. The molecule has 0 aliphatic rings. The second-order valence-corrected chi connectivity index (χ2v) is 6.28. The summed E-state index contributed by atoms with van der Waals surface area (Å²) in [4.78, 5) is 23.4. The molecule has 26 heavy (non-hydrogen) atoms. The van der Waals surface area contributed by atoms with Crippen molar-refractivity contribution >= 4 is 29.3 Å². The minimum absolute atomic E-state index is 0.0174. The van der Waals surface area contributed by atoms with E-state index in [2.05, 4.69) is 10.1 Å². The van der Waals surface area contributed by atoms with Crippen LogP contribution in [0.2, 0.25) is 0 Å². The van der Waals surface area contributed by atoms with E-state index >= 15 is 0 Å². The van der Waals surface area contributed by atoms with E-state index < -0.39 is 23.6 Å². The molecule has 140 valence electrons. The topological polar surface area (TPSA) is 68.5 Å². The maximum absolute atomic E-state index is 12.7. The van der Waals surface area contributed by atoms with Crippen LogP contribution >= 0.6 is 11.8 Å². The van der Waals surface area contributed by atoms with Crippen molar-refractivity contribution in [2.45, 2.75) is 18.9 Å². The predicted octanol–water partition coefficient (Wildman–Crippen LogP) is 4.27. The van der Waals surface area contributed by atoms with Gasteiger partial charge in [0.25, 0.3) is 0 Å². The molecule has 0 saturated heterocycles. The average molecular weight is 387 g/mol. The Labute approximate surface area is 151 Å². The number of nitrogens with one attached hydrogen (secondary N) is 1. The van der Waals surface area contributed by atoms with Crippen molar-refractivity contribution in [3.63, 3.8) is 0 Å². The van der Waals surface area contributed by atoms with Gasteiger partial charge in [0, 0.05) is 5.69 Å². The minimum atomic E-state index is -4.47. The Hall–Kier alpha value is -2.42. The van der Waals surface area contributed by atoms with E-state index in [1.54, 1.807) is 13.0 Å². The summed E-state index contributed by atoms with van der Waals surface area (Å²) in [6.45, 7) is 1.63. The van der Waals surface area contributed by atoms with Gasteiger partial charge in [-0.2, -0.15) is 13.2 Å². The number of furan rings is 1. The first-order valence-electron chi connectivity index (χ1n) is 7.43. The molecule has 0 spiro atoms. The van der Waals surface area contributed by atoms with Gasteiger partial charge in [0.05, 0.1) is 24.2 Å². The van der Waals surface area contributed by atoms with Crippen LogP contribution in [0, 0.1) is 6.92 Å². The highest BCUT2D eigenvalue weighted by molar-refractivity contribution is 7.99. The number of esters is 1. The molecule has 2 aromatic rings. The van der Waals surface area contributed by atoms with E-state index in [4.69, 9.17) is 4.42 Å². The van der Waals surface area contributed by atoms with Gasteiger partial charge >= 0.3 is 12.1 Å². The lowest BCUT2D eigenvalue weighted by molar-refractivity contribution is -0.137. The number of carbonyl (C=O) groups excluding carboxylic acids is 2. The number of carbonyl (C=O) groups is 2. The van der Waals surface area contributed by atoms with Crippen LogP contribution in [0.1, 0.15) is 27.4 Å². The van der Waals surface area contributed by atoms with Crippen LogP contribution in [0.5, 0.6) is 0 Å². The number of hydrogen-bond donors (Lipinski definition) is 1. The summed E-state index contributed by atoms with van der Waals surface area (Å²) in [5, 5.41) is 2.42. The number of methoxy groups -OCH3 is 1. The largest absolute Gasteiger partial charge is 0.465 e. The smallest absolute Gasteiger partial charge is 0.416 e. The van der Waals surface area contributed by atoms with E-state index in [-0.39, 0.29) is 11.4 Å². The molecule has 1 aromatic heterocycles. The third-order valence-electron chi connectivity index (χ3n) is 3.33. The zero-order chi connectivity index (χ0) is 19.3. The van der Waals surface area contributed by atoms with Crippen molar-refractivity contribution < 1.29 is 31.9 Å². The van der Waals surface area contributed by atoms with Gasteiger partial charge < -0.3 is 14.5 Å². The summed E-state index contributed by atoms with van der Waals surface area (Å²) in [5.41, 5.74) is -0.437. The number of amides is 1. The summed E-state index contributed by atoms with van der Waals surface area (Å²) in [7, 11) is 1.27. The third kappa shape index (κ3) is 5.29. The van der Waals surface area contributed by atoms with Gasteiger partial charge in [-0.25, -0.2) is 4.79 Å². The minimum Gasteiger partial charge on any atom is -0.465 e. The molecule has 0 unspecified atom stereocenters. The lowest BCUT2D eigenvalue weighted by atomic mass is 10.2. The fourth-order valence-electron chi connectivity index (χ4n) is 2.14. The molecule has 1 heterocycles. The van der Waals surface area contributed by atoms with Crippen LogP contribution in [0.4, 0.5) is 18.9 Å². The lowest BCUT2D eigenvalue weighted by Crippen LogP contribution is -2.15. The zero-order valence-corrected chi connectivity index (χ0v) is 14.8. The van der Waals surface area contributed by atoms with Crippen LogP contribution < -0.4 is 5.32 Å². The maximum Gasteiger partial charge on any atom is 0.416 e. The number of benzene rings is 1. The molecule has 1 N–H and O–H groups in total. The van der Waals surface area contributed by atoms with Crippen LogP contribution in [-0.2, 0) is 21.5 Å². The monoisotopic (exact) mass is 387 g/mol. The van der Waals surface area contributed by atoms with Crippen molar-refractivity contribution in [1.29, 1.82) is 0 Å². The van der Waals surface area contributed by atoms with E-state index in [0.29, 0.717) is 22.8 Å². The number of aryl methyl sites for hydroxylation is 1. The summed E-state index contributed by atoms with van der Waals surface area (Å²) in [6, 6.07) is 5.96. The highest BCUT2D eigenvalue weighted by Gasteiger charge is 2.30. The van der Waals surface area contributed by atoms with E-state index in [1.807, 2.05) is 0 Å². The van der Waals surface area contributed by atoms with Crippen molar-refractivity contribution in [2.75, 3.05) is 18.2 Å². The SMILES string of the molecule is COC(=O)c1cc(CSCC(=O)Nc2cccc(C(F)(F)F)c2)oc1C. The molecule has 0 atom stereocenters. The van der Waals surface area contributed by atoms with E-state index in [0.717, 1.165) is 12.1 Å². The number of anilines is 1. The summed E-state index contributed by atoms with van der Waals surface area (Å²) < 4.78 is 48.0. The Morgan fingerprint density at radius 2 is 2.00 bits per heavy atom. The molecular weight excluding hydrogens is 371 g/mol. The van der Waals surface area contributed by atoms with Crippen molar-refractivity contribution in [3.8, 4) is 0 Å². The van der Waals surface area contributed by atoms with Gasteiger partial charge in [-0.05, 0) is 31.2 Å². The van der Waals surface area contributed by atoms with Gasteiger partial charge in [-0.3, -0.25) is 4.79 Å². The third-order valence-corrected chi connectivity index (χ3v) is 4.28. The number of halogens is 3. The van der Waals surface area contributed by atoms with Crippen molar-refractivity contribution in [1.82, 2.24) is 0 Å².